The zero-order valence-corrected chi connectivity index (χ0v) is 22.9. The van der Waals surface area contributed by atoms with Gasteiger partial charge >= 0.3 is 11.9 Å². The van der Waals surface area contributed by atoms with E-state index >= 15 is 0 Å². The Bertz CT molecular complexity index is 1280. The molecule has 0 unspecified atom stereocenters. The number of ether oxygens (including phenoxy) is 3. The topological polar surface area (TPSA) is 90.9 Å². The lowest BCUT2D eigenvalue weighted by atomic mass is 9.67. The minimum absolute atomic E-state index is 0.154. The average Bonchev–Trinajstić information content (AvgIpc) is 2.88. The number of dihydropyridines is 1. The predicted molar refractivity (Wildman–Crippen MR) is 142 cm³/mol. The Hall–Kier alpha value is -3.39. The van der Waals surface area contributed by atoms with Gasteiger partial charge in [0.2, 0.25) is 0 Å². The van der Waals surface area contributed by atoms with Crippen LogP contribution in [0.4, 0.5) is 0 Å². The highest BCUT2D eigenvalue weighted by Gasteiger charge is 2.49. The third-order valence-corrected chi connectivity index (χ3v) is 7.31. The number of esters is 2. The van der Waals surface area contributed by atoms with Gasteiger partial charge in [0.15, 0.2) is 5.78 Å². The van der Waals surface area contributed by atoms with Crippen molar-refractivity contribution in [2.24, 2.45) is 5.92 Å². The zero-order chi connectivity index (χ0) is 26.7. The Morgan fingerprint density at radius 1 is 1.03 bits per heavy atom. The molecule has 0 spiro atoms. The van der Waals surface area contributed by atoms with Gasteiger partial charge in [-0.05, 0) is 62.6 Å². The molecular weight excluding hydrogens is 538 g/mol. The lowest BCUT2D eigenvalue weighted by Crippen LogP contribution is -2.43. The van der Waals surface area contributed by atoms with Gasteiger partial charge < -0.3 is 19.5 Å². The number of allylic oxidation sites excluding steroid dienone is 3. The number of benzene rings is 2. The normalized spacial score (nSPS) is 21.2. The van der Waals surface area contributed by atoms with Crippen LogP contribution in [-0.2, 0) is 23.9 Å². The molecule has 2 aromatic rings. The summed E-state index contributed by atoms with van der Waals surface area (Å²) in [4.78, 5) is 40.7. The van der Waals surface area contributed by atoms with E-state index in [9.17, 15) is 14.4 Å². The second-order valence-corrected chi connectivity index (χ2v) is 9.86. The highest BCUT2D eigenvalue weighted by molar-refractivity contribution is 9.10. The molecule has 2 aromatic carbocycles. The van der Waals surface area contributed by atoms with Crippen LogP contribution in [0.3, 0.4) is 0 Å². The zero-order valence-electron chi connectivity index (χ0n) is 21.3. The number of Topliss-reactive ketones (excluding diaryl/α,β-unsaturated/α-hetero) is 1. The van der Waals surface area contributed by atoms with Gasteiger partial charge in [0.1, 0.15) is 11.7 Å². The van der Waals surface area contributed by atoms with Crippen LogP contribution < -0.4 is 10.1 Å². The Balaban J connectivity index is 1.89. The predicted octanol–water partition coefficient (Wildman–Crippen LogP) is 5.17. The van der Waals surface area contributed by atoms with E-state index < -0.39 is 29.7 Å². The molecule has 0 fully saturated rings. The first-order valence-corrected chi connectivity index (χ1v) is 13.1. The van der Waals surface area contributed by atoms with Crippen molar-refractivity contribution in [3.05, 3.63) is 86.7 Å². The van der Waals surface area contributed by atoms with E-state index in [-0.39, 0.29) is 19.0 Å². The summed E-state index contributed by atoms with van der Waals surface area (Å²) >= 11 is 3.46. The molecule has 0 saturated carbocycles. The van der Waals surface area contributed by atoms with E-state index in [2.05, 4.69) is 21.2 Å². The van der Waals surface area contributed by atoms with Crippen molar-refractivity contribution in [3.63, 3.8) is 0 Å². The van der Waals surface area contributed by atoms with Crippen LogP contribution in [0.15, 0.2) is 75.5 Å². The fourth-order valence-electron chi connectivity index (χ4n) is 5.19. The van der Waals surface area contributed by atoms with Crippen LogP contribution in [0.25, 0.3) is 0 Å². The molecule has 0 radical (unpaired) electrons. The molecule has 2 aliphatic rings. The standard InChI is InChI=1S/C29H30BrNO6/c1-5-36-28(33)23-16(3)31-22-15-21(18-8-7-9-20(14-18)35-4)25(29(34)37-6-2)27(32)26(22)24(23)17-10-12-19(30)13-11-17/h7-14,21,24-25,31H,5-6,15H2,1-4H3/t21-,24+,25-/m0/s1. The Morgan fingerprint density at radius 3 is 2.38 bits per heavy atom. The lowest BCUT2D eigenvalue weighted by molar-refractivity contribution is -0.152. The summed E-state index contributed by atoms with van der Waals surface area (Å²) in [6.45, 7) is 5.62. The molecule has 0 saturated heterocycles. The number of nitrogens with one attached hydrogen (secondary N) is 1. The minimum Gasteiger partial charge on any atom is -0.497 e. The van der Waals surface area contributed by atoms with E-state index in [1.165, 1.54) is 0 Å². The van der Waals surface area contributed by atoms with Gasteiger partial charge in [-0.15, -0.1) is 0 Å². The van der Waals surface area contributed by atoms with E-state index in [0.29, 0.717) is 34.7 Å². The maximum atomic E-state index is 14.3. The number of carbonyl (C=O) groups excluding carboxylic acids is 3. The van der Waals surface area contributed by atoms with Crippen molar-refractivity contribution in [1.82, 2.24) is 5.32 Å². The molecule has 0 aromatic heterocycles. The monoisotopic (exact) mass is 567 g/mol. The first-order chi connectivity index (χ1) is 17.8. The molecule has 1 N–H and O–H groups in total. The molecule has 1 aliphatic carbocycles. The van der Waals surface area contributed by atoms with Crippen LogP contribution >= 0.6 is 15.9 Å². The number of rotatable bonds is 7. The molecule has 0 bridgehead atoms. The van der Waals surface area contributed by atoms with Gasteiger partial charge in [-0.1, -0.05) is 40.2 Å². The highest BCUT2D eigenvalue weighted by Crippen LogP contribution is 2.48. The molecule has 37 heavy (non-hydrogen) atoms. The summed E-state index contributed by atoms with van der Waals surface area (Å²) in [6, 6.07) is 14.9. The van der Waals surface area contributed by atoms with Gasteiger partial charge in [-0.2, -0.15) is 0 Å². The second-order valence-electron chi connectivity index (χ2n) is 8.94. The van der Waals surface area contributed by atoms with Crippen molar-refractivity contribution in [2.75, 3.05) is 20.3 Å². The van der Waals surface area contributed by atoms with E-state index in [4.69, 9.17) is 14.2 Å². The van der Waals surface area contributed by atoms with Crippen molar-refractivity contribution in [3.8, 4) is 5.75 Å². The smallest absolute Gasteiger partial charge is 0.336 e. The van der Waals surface area contributed by atoms with Crippen molar-refractivity contribution in [2.45, 2.75) is 39.0 Å². The van der Waals surface area contributed by atoms with Crippen LogP contribution in [-0.4, -0.2) is 38.0 Å². The van der Waals surface area contributed by atoms with Crippen molar-refractivity contribution >= 4 is 33.7 Å². The van der Waals surface area contributed by atoms with Gasteiger partial charge in [0.25, 0.3) is 0 Å². The Morgan fingerprint density at radius 2 is 1.73 bits per heavy atom. The maximum absolute atomic E-state index is 14.3. The minimum atomic E-state index is -1.06. The van der Waals surface area contributed by atoms with Gasteiger partial charge in [0, 0.05) is 33.3 Å². The van der Waals surface area contributed by atoms with E-state index in [1.807, 2.05) is 55.5 Å². The summed E-state index contributed by atoms with van der Waals surface area (Å²) in [6.07, 6.45) is 0.387. The van der Waals surface area contributed by atoms with Gasteiger partial charge in [0.05, 0.1) is 25.9 Å². The number of methoxy groups -OCH3 is 1. The molecular formula is C29H30BrNO6. The third-order valence-electron chi connectivity index (χ3n) is 6.78. The Labute approximate surface area is 225 Å². The molecule has 7 nitrogen and oxygen atoms in total. The highest BCUT2D eigenvalue weighted by atomic mass is 79.9. The van der Waals surface area contributed by atoms with Gasteiger partial charge in [-0.3, -0.25) is 9.59 Å². The summed E-state index contributed by atoms with van der Waals surface area (Å²) in [5.41, 5.74) is 3.63. The molecule has 1 heterocycles. The SMILES string of the molecule is CCOC(=O)C1=C(C)NC2=C(C(=O)[C@@H](C(=O)OCC)[C@H](c3cccc(OC)c3)C2)[C@@H]1c1ccc(Br)cc1. The number of ketones is 1. The Kier molecular flexibility index (Phi) is 8.17. The maximum Gasteiger partial charge on any atom is 0.336 e. The summed E-state index contributed by atoms with van der Waals surface area (Å²) < 4.78 is 17.0. The summed E-state index contributed by atoms with van der Waals surface area (Å²) in [5.74, 6) is -3.01. The summed E-state index contributed by atoms with van der Waals surface area (Å²) in [7, 11) is 1.57. The molecule has 4 rings (SSSR count). The van der Waals surface area contributed by atoms with Crippen molar-refractivity contribution in [1.29, 1.82) is 0 Å². The van der Waals surface area contributed by atoms with E-state index in [0.717, 1.165) is 15.6 Å². The fraction of sp³-hybridized carbons (Fsp3) is 0.345. The quantitative estimate of drug-likeness (QED) is 0.364. The van der Waals surface area contributed by atoms with Crippen LogP contribution in [0.1, 0.15) is 50.2 Å². The van der Waals surface area contributed by atoms with Crippen LogP contribution in [0.5, 0.6) is 5.75 Å². The van der Waals surface area contributed by atoms with Crippen LogP contribution in [0.2, 0.25) is 0 Å². The molecule has 0 amide bonds. The first kappa shape index (κ1) is 26.7. The second kappa shape index (κ2) is 11.3. The first-order valence-electron chi connectivity index (χ1n) is 12.3. The molecule has 194 valence electrons. The fourth-order valence-corrected chi connectivity index (χ4v) is 5.45. The molecule has 1 aliphatic heterocycles. The number of hydrogen-bond donors (Lipinski definition) is 1. The van der Waals surface area contributed by atoms with Gasteiger partial charge in [-0.25, -0.2) is 4.79 Å². The number of hydrogen-bond acceptors (Lipinski definition) is 7. The number of halogens is 1. The average molecular weight is 568 g/mol. The molecule has 3 atom stereocenters. The number of carbonyl (C=O) groups is 3. The van der Waals surface area contributed by atoms with Crippen LogP contribution in [0, 0.1) is 5.92 Å². The van der Waals surface area contributed by atoms with E-state index in [1.54, 1.807) is 21.0 Å². The largest absolute Gasteiger partial charge is 0.497 e. The lowest BCUT2D eigenvalue weighted by Gasteiger charge is -2.39. The van der Waals surface area contributed by atoms with Crippen molar-refractivity contribution < 1.29 is 28.6 Å². The third kappa shape index (κ3) is 5.21. The molecule has 8 heteroatoms. The summed E-state index contributed by atoms with van der Waals surface area (Å²) in [5, 5.41) is 3.31.